The molecule has 86 valence electrons. The van der Waals surface area contributed by atoms with Crippen LogP contribution in [0.3, 0.4) is 0 Å². The second kappa shape index (κ2) is 14.9. The van der Waals surface area contributed by atoms with Crippen molar-refractivity contribution >= 4 is 0 Å². The zero-order valence-corrected chi connectivity index (χ0v) is 10.3. The molecule has 0 aromatic heterocycles. The Morgan fingerprint density at radius 2 is 1.29 bits per heavy atom. The summed E-state index contributed by atoms with van der Waals surface area (Å²) in [5.74, 6) is 0. The first-order chi connectivity index (χ1) is 6.23. The van der Waals surface area contributed by atoms with E-state index < -0.39 is 0 Å². The summed E-state index contributed by atoms with van der Waals surface area (Å²) in [5, 5.41) is 16.5. The Kier molecular flexibility index (Phi) is 20.3. The Morgan fingerprint density at radius 3 is 1.29 bits per heavy atom. The quantitative estimate of drug-likeness (QED) is 0.676. The van der Waals surface area contributed by atoms with E-state index in [1.165, 1.54) is 11.1 Å². The fraction of sp³-hybridized carbons (Fsp3) is 0.667. The molecule has 1 unspecified atom stereocenters. The summed E-state index contributed by atoms with van der Waals surface area (Å²) in [4.78, 5) is 0. The summed E-state index contributed by atoms with van der Waals surface area (Å²) < 4.78 is 0. The Bertz CT molecular complexity index is 117. The molecule has 2 heteroatoms. The van der Waals surface area contributed by atoms with Crippen LogP contribution in [0.4, 0.5) is 0 Å². The summed E-state index contributed by atoms with van der Waals surface area (Å²) in [6.45, 7) is 16.7. The van der Waals surface area contributed by atoms with Crippen LogP contribution in [0.2, 0.25) is 0 Å². The average molecular weight is 202 g/mol. The first-order valence-corrected chi connectivity index (χ1v) is 4.77. The molecule has 0 aliphatic carbocycles. The van der Waals surface area contributed by atoms with Crippen LogP contribution in [0.15, 0.2) is 24.3 Å². The highest BCUT2D eigenvalue weighted by molar-refractivity contribution is 4.79. The van der Waals surface area contributed by atoms with Crippen LogP contribution in [0, 0.1) is 0 Å². The summed E-state index contributed by atoms with van der Waals surface area (Å²) >= 11 is 0. The van der Waals surface area contributed by atoms with Crippen molar-refractivity contribution in [1.29, 1.82) is 0 Å². The van der Waals surface area contributed by atoms with Crippen LogP contribution in [0.25, 0.3) is 0 Å². The number of rotatable bonds is 2. The van der Waals surface area contributed by atoms with E-state index in [2.05, 4.69) is 13.2 Å². The maximum Gasteiger partial charge on any atom is 0.0533 e. The van der Waals surface area contributed by atoms with Gasteiger partial charge in [0.25, 0.3) is 0 Å². The van der Waals surface area contributed by atoms with Gasteiger partial charge in [-0.05, 0) is 41.0 Å². The molecular weight excluding hydrogens is 176 g/mol. The van der Waals surface area contributed by atoms with Crippen LogP contribution >= 0.6 is 0 Å². The minimum atomic E-state index is -0.352. The molecule has 0 spiro atoms. The molecule has 2 N–H and O–H groups in total. The fourth-order valence-corrected chi connectivity index (χ4v) is 0.187. The van der Waals surface area contributed by atoms with Gasteiger partial charge in [0, 0.05) is 6.61 Å². The van der Waals surface area contributed by atoms with Crippen LogP contribution in [0.5, 0.6) is 0 Å². The molecule has 0 bridgehead atoms. The van der Waals surface area contributed by atoms with Gasteiger partial charge in [0.15, 0.2) is 0 Å². The second-order valence-electron chi connectivity index (χ2n) is 3.78. The molecule has 0 saturated heterocycles. The first kappa shape index (κ1) is 19.0. The highest BCUT2D eigenvalue weighted by atomic mass is 16.3. The van der Waals surface area contributed by atoms with Gasteiger partial charge in [0.05, 0.1) is 6.10 Å². The van der Waals surface area contributed by atoms with E-state index in [1.807, 2.05) is 27.7 Å². The van der Waals surface area contributed by atoms with Crippen molar-refractivity contribution in [2.45, 2.75) is 47.1 Å². The molecule has 0 aliphatic heterocycles. The first-order valence-electron chi connectivity index (χ1n) is 4.77. The van der Waals surface area contributed by atoms with Gasteiger partial charge in [-0.1, -0.05) is 11.1 Å². The van der Waals surface area contributed by atoms with E-state index in [0.717, 1.165) is 0 Å². The van der Waals surface area contributed by atoms with Gasteiger partial charge in [-0.2, -0.15) is 0 Å². The van der Waals surface area contributed by atoms with Crippen molar-refractivity contribution in [1.82, 2.24) is 0 Å². The van der Waals surface area contributed by atoms with Gasteiger partial charge in [-0.25, -0.2) is 0 Å². The standard InChI is InChI=1S/C4H10O2.2C4H8/c1-4(6)2-3-5;2*1-4(2)3/h4-6H,2-3H2,1H3;2*1H2,2-3H3. The molecular formula is C12H26O2. The minimum absolute atomic E-state index is 0.0810. The van der Waals surface area contributed by atoms with Gasteiger partial charge in [-0.3, -0.25) is 0 Å². The SMILES string of the molecule is C=C(C)C.C=C(C)C.CC(O)CCO. The average Bonchev–Trinajstić information content (AvgIpc) is 1.82. The predicted molar refractivity (Wildman–Crippen MR) is 64.4 cm³/mol. The molecule has 0 fully saturated rings. The third-order valence-corrected chi connectivity index (χ3v) is 0.547. The van der Waals surface area contributed by atoms with Crippen molar-refractivity contribution in [2.24, 2.45) is 0 Å². The molecule has 0 rings (SSSR count). The Balaban J connectivity index is -0.000000135. The summed E-state index contributed by atoms with van der Waals surface area (Å²) in [7, 11) is 0. The number of hydrogen-bond acceptors (Lipinski definition) is 2. The lowest BCUT2D eigenvalue weighted by atomic mass is 10.3. The van der Waals surface area contributed by atoms with E-state index in [-0.39, 0.29) is 12.7 Å². The van der Waals surface area contributed by atoms with Gasteiger partial charge in [-0.15, -0.1) is 13.2 Å². The van der Waals surface area contributed by atoms with Crippen molar-refractivity contribution in [3.05, 3.63) is 24.3 Å². The second-order valence-corrected chi connectivity index (χ2v) is 3.78. The van der Waals surface area contributed by atoms with Crippen LogP contribution in [-0.4, -0.2) is 22.9 Å². The van der Waals surface area contributed by atoms with Gasteiger partial charge >= 0.3 is 0 Å². The molecule has 0 radical (unpaired) electrons. The van der Waals surface area contributed by atoms with Crippen LogP contribution in [0.1, 0.15) is 41.0 Å². The van der Waals surface area contributed by atoms with Crippen molar-refractivity contribution in [3.8, 4) is 0 Å². The van der Waals surface area contributed by atoms with Crippen molar-refractivity contribution in [2.75, 3.05) is 6.61 Å². The van der Waals surface area contributed by atoms with Gasteiger partial charge in [0.1, 0.15) is 0 Å². The summed E-state index contributed by atoms with van der Waals surface area (Å²) in [6.07, 6.45) is 0.134. The van der Waals surface area contributed by atoms with E-state index >= 15 is 0 Å². The number of allylic oxidation sites excluding steroid dienone is 2. The number of aliphatic hydroxyl groups excluding tert-OH is 2. The molecule has 0 saturated carbocycles. The largest absolute Gasteiger partial charge is 0.396 e. The normalized spacial score (nSPS) is 9.93. The van der Waals surface area contributed by atoms with Crippen LogP contribution < -0.4 is 0 Å². The maximum atomic E-state index is 8.39. The molecule has 0 aliphatic rings. The number of hydrogen-bond donors (Lipinski definition) is 2. The van der Waals surface area contributed by atoms with Crippen molar-refractivity contribution < 1.29 is 10.2 Å². The molecule has 0 amide bonds. The highest BCUT2D eigenvalue weighted by Gasteiger charge is 1.88. The molecule has 1 atom stereocenters. The van der Waals surface area contributed by atoms with E-state index in [9.17, 15) is 0 Å². The summed E-state index contributed by atoms with van der Waals surface area (Å²) in [5.41, 5.74) is 2.33. The topological polar surface area (TPSA) is 40.5 Å². The number of aliphatic hydroxyl groups is 2. The van der Waals surface area contributed by atoms with E-state index in [4.69, 9.17) is 10.2 Å². The minimum Gasteiger partial charge on any atom is -0.396 e. The van der Waals surface area contributed by atoms with Gasteiger partial charge in [0.2, 0.25) is 0 Å². The zero-order valence-electron chi connectivity index (χ0n) is 10.3. The monoisotopic (exact) mass is 202 g/mol. The highest BCUT2D eigenvalue weighted by Crippen LogP contribution is 1.83. The molecule has 2 nitrogen and oxygen atoms in total. The lowest BCUT2D eigenvalue weighted by Gasteiger charge is -1.95. The zero-order chi connectivity index (χ0) is 12.1. The fourth-order valence-electron chi connectivity index (χ4n) is 0.187. The molecule has 0 heterocycles. The van der Waals surface area contributed by atoms with Crippen LogP contribution in [-0.2, 0) is 0 Å². The predicted octanol–water partition coefficient (Wildman–Crippen LogP) is 2.91. The maximum absolute atomic E-state index is 8.39. The third-order valence-electron chi connectivity index (χ3n) is 0.547. The summed E-state index contributed by atoms with van der Waals surface area (Å²) in [6, 6.07) is 0. The Hall–Kier alpha value is -0.600. The Labute approximate surface area is 89.0 Å². The third kappa shape index (κ3) is 214. The molecule has 0 aromatic carbocycles. The van der Waals surface area contributed by atoms with E-state index in [0.29, 0.717) is 6.42 Å². The Morgan fingerprint density at radius 1 is 1.07 bits per heavy atom. The van der Waals surface area contributed by atoms with Gasteiger partial charge < -0.3 is 10.2 Å². The van der Waals surface area contributed by atoms with Crippen molar-refractivity contribution in [3.63, 3.8) is 0 Å². The molecule has 14 heavy (non-hydrogen) atoms. The lowest BCUT2D eigenvalue weighted by molar-refractivity contribution is 0.148. The smallest absolute Gasteiger partial charge is 0.0533 e. The molecule has 0 aromatic rings. The van der Waals surface area contributed by atoms with E-state index in [1.54, 1.807) is 6.92 Å². The lowest BCUT2D eigenvalue weighted by Crippen LogP contribution is -2.00.